The van der Waals surface area contributed by atoms with Gasteiger partial charge in [-0.1, -0.05) is 11.6 Å². The van der Waals surface area contributed by atoms with Crippen LogP contribution in [0.2, 0.25) is 4.34 Å². The zero-order chi connectivity index (χ0) is 11.0. The number of nitrogens with two attached hydrogens (primary N) is 1. The Labute approximate surface area is 104 Å². The van der Waals surface area contributed by atoms with Gasteiger partial charge < -0.3 is 5.73 Å². The van der Waals surface area contributed by atoms with E-state index in [2.05, 4.69) is 26.0 Å². The molecule has 0 amide bonds. The van der Waals surface area contributed by atoms with Crippen molar-refractivity contribution in [1.29, 1.82) is 0 Å². The van der Waals surface area contributed by atoms with Crippen LogP contribution in [0.25, 0.3) is 0 Å². The second-order valence-electron chi connectivity index (χ2n) is 3.00. The van der Waals surface area contributed by atoms with E-state index in [1.165, 1.54) is 11.3 Å². The summed E-state index contributed by atoms with van der Waals surface area (Å²) in [7, 11) is 0. The van der Waals surface area contributed by atoms with Crippen LogP contribution in [0.3, 0.4) is 0 Å². The van der Waals surface area contributed by atoms with Gasteiger partial charge >= 0.3 is 0 Å². The number of aromatic nitrogens is 3. The number of halogens is 2. The van der Waals surface area contributed by atoms with Gasteiger partial charge in [0.05, 0.1) is 22.9 Å². The minimum atomic E-state index is 0.551. The highest BCUT2D eigenvalue weighted by Crippen LogP contribution is 2.25. The van der Waals surface area contributed by atoms with E-state index < -0.39 is 0 Å². The monoisotopic (exact) mass is 306 g/mol. The Balaban J connectivity index is 2.28. The first-order valence-corrected chi connectivity index (χ1v) is 6.15. The van der Waals surface area contributed by atoms with Gasteiger partial charge in [-0.25, -0.2) is 9.67 Å². The van der Waals surface area contributed by atoms with Gasteiger partial charge in [-0.15, -0.1) is 11.3 Å². The molecule has 0 bridgehead atoms. The van der Waals surface area contributed by atoms with E-state index in [1.807, 2.05) is 6.92 Å². The molecule has 2 aromatic rings. The molecule has 2 heterocycles. The number of thiazole rings is 1. The van der Waals surface area contributed by atoms with Crippen molar-refractivity contribution in [2.45, 2.75) is 13.5 Å². The summed E-state index contributed by atoms with van der Waals surface area (Å²) in [6.07, 6.45) is 1.63. The summed E-state index contributed by atoms with van der Waals surface area (Å²) in [5.41, 5.74) is 6.73. The second kappa shape index (κ2) is 4.11. The third kappa shape index (κ3) is 2.16. The molecular weight excluding hydrogens is 300 g/mol. The summed E-state index contributed by atoms with van der Waals surface area (Å²) in [4.78, 5) is 4.15. The molecule has 0 atom stereocenters. The fourth-order valence-corrected chi connectivity index (χ4v) is 2.41. The number of nitrogen functional groups attached to an aromatic ring is 1. The molecule has 0 saturated heterocycles. The molecule has 4 nitrogen and oxygen atoms in total. The van der Waals surface area contributed by atoms with Gasteiger partial charge in [0.25, 0.3) is 0 Å². The molecule has 2 aromatic heterocycles. The molecular formula is C8H8BrClN4S. The average Bonchev–Trinajstić information content (AvgIpc) is 2.68. The van der Waals surface area contributed by atoms with E-state index >= 15 is 0 Å². The Hall–Kier alpha value is -0.590. The second-order valence-corrected chi connectivity index (χ2v) is 5.54. The Morgan fingerprint density at radius 1 is 1.67 bits per heavy atom. The number of hydrogen-bond donors (Lipinski definition) is 1. The summed E-state index contributed by atoms with van der Waals surface area (Å²) in [6.45, 7) is 2.45. The molecule has 0 aliphatic carbocycles. The van der Waals surface area contributed by atoms with E-state index in [0.29, 0.717) is 16.7 Å². The van der Waals surface area contributed by atoms with Gasteiger partial charge in [0, 0.05) is 0 Å². The van der Waals surface area contributed by atoms with Crippen LogP contribution < -0.4 is 5.73 Å². The highest BCUT2D eigenvalue weighted by atomic mass is 79.9. The molecule has 0 spiro atoms. The molecule has 0 aromatic carbocycles. The molecule has 15 heavy (non-hydrogen) atoms. The van der Waals surface area contributed by atoms with Gasteiger partial charge in [0.2, 0.25) is 0 Å². The maximum atomic E-state index is 5.86. The van der Waals surface area contributed by atoms with Crippen LogP contribution >= 0.6 is 38.9 Å². The van der Waals surface area contributed by atoms with Gasteiger partial charge in [-0.3, -0.25) is 0 Å². The van der Waals surface area contributed by atoms with Crippen molar-refractivity contribution >= 4 is 44.7 Å². The highest BCUT2D eigenvalue weighted by Gasteiger charge is 2.11. The number of nitrogens with zero attached hydrogens (tertiary/aromatic N) is 3. The maximum absolute atomic E-state index is 5.86. The van der Waals surface area contributed by atoms with Gasteiger partial charge in [0.1, 0.15) is 15.2 Å². The predicted octanol–water partition coefficient (Wildman–Crippen LogP) is 2.69. The number of rotatable bonds is 2. The van der Waals surface area contributed by atoms with Gasteiger partial charge in [0.15, 0.2) is 0 Å². The number of anilines is 1. The fourth-order valence-electron chi connectivity index (χ4n) is 1.19. The Bertz CT molecular complexity index is 493. The van der Waals surface area contributed by atoms with Crippen molar-refractivity contribution in [2.75, 3.05) is 5.73 Å². The van der Waals surface area contributed by atoms with Crippen molar-refractivity contribution in [3.05, 3.63) is 25.7 Å². The smallest absolute Gasteiger partial charge is 0.136 e. The summed E-state index contributed by atoms with van der Waals surface area (Å²) < 4.78 is 3.21. The zero-order valence-electron chi connectivity index (χ0n) is 7.87. The quantitative estimate of drug-likeness (QED) is 0.928. The summed E-state index contributed by atoms with van der Waals surface area (Å²) in [5, 5.41) is 5.17. The summed E-state index contributed by atoms with van der Waals surface area (Å²) in [6, 6.07) is 0. The molecule has 7 heteroatoms. The number of aryl methyl sites for hydroxylation is 1. The summed E-state index contributed by atoms with van der Waals surface area (Å²) in [5.74, 6) is 0.610. The van der Waals surface area contributed by atoms with E-state index in [1.54, 1.807) is 10.9 Å². The van der Waals surface area contributed by atoms with Crippen LogP contribution in [0.15, 0.2) is 10.7 Å². The van der Waals surface area contributed by atoms with Crippen molar-refractivity contribution in [3.8, 4) is 0 Å². The normalized spacial score (nSPS) is 10.9. The Morgan fingerprint density at radius 3 is 2.87 bits per heavy atom. The number of hydrogen-bond acceptors (Lipinski definition) is 4. The van der Waals surface area contributed by atoms with Crippen molar-refractivity contribution < 1.29 is 0 Å². The van der Waals surface area contributed by atoms with E-state index in [9.17, 15) is 0 Å². The van der Waals surface area contributed by atoms with Crippen LogP contribution in [0, 0.1) is 6.92 Å². The lowest BCUT2D eigenvalue weighted by Gasteiger charge is -1.99. The third-order valence-corrected chi connectivity index (χ3v) is 3.98. The molecule has 2 rings (SSSR count). The first kappa shape index (κ1) is 10.9. The van der Waals surface area contributed by atoms with E-state index in [0.717, 1.165) is 15.2 Å². The molecule has 0 aliphatic rings. The van der Waals surface area contributed by atoms with Crippen molar-refractivity contribution in [2.24, 2.45) is 0 Å². The largest absolute Gasteiger partial charge is 0.383 e. The standard InChI is InChI=1S/C8H8BrClN4S/c1-4-7(9)8(11)14(13-4)3-6-12-2-5(10)15-6/h2H,3,11H2,1H3. The topological polar surface area (TPSA) is 56.7 Å². The Morgan fingerprint density at radius 2 is 2.40 bits per heavy atom. The van der Waals surface area contributed by atoms with Crippen LogP contribution in [-0.2, 0) is 6.54 Å². The molecule has 0 fully saturated rings. The minimum absolute atomic E-state index is 0.551. The van der Waals surface area contributed by atoms with Crippen LogP contribution in [0.5, 0.6) is 0 Å². The van der Waals surface area contributed by atoms with Crippen LogP contribution in [0.4, 0.5) is 5.82 Å². The highest BCUT2D eigenvalue weighted by molar-refractivity contribution is 9.10. The maximum Gasteiger partial charge on any atom is 0.136 e. The molecule has 0 saturated carbocycles. The molecule has 80 valence electrons. The minimum Gasteiger partial charge on any atom is -0.383 e. The first-order chi connectivity index (χ1) is 7.08. The first-order valence-electron chi connectivity index (χ1n) is 4.16. The predicted molar refractivity (Wildman–Crippen MR) is 65.3 cm³/mol. The lowest BCUT2D eigenvalue weighted by atomic mass is 10.5. The Kier molecular flexibility index (Phi) is 2.99. The molecule has 2 N–H and O–H groups in total. The average molecular weight is 308 g/mol. The molecule has 0 aliphatic heterocycles. The SMILES string of the molecule is Cc1nn(Cc2ncc(Cl)s2)c(N)c1Br. The van der Waals surface area contributed by atoms with E-state index in [4.69, 9.17) is 17.3 Å². The van der Waals surface area contributed by atoms with Gasteiger partial charge in [-0.05, 0) is 22.9 Å². The molecule has 0 radical (unpaired) electrons. The lowest BCUT2D eigenvalue weighted by molar-refractivity contribution is 0.686. The lowest BCUT2D eigenvalue weighted by Crippen LogP contribution is -2.05. The zero-order valence-corrected chi connectivity index (χ0v) is 11.0. The van der Waals surface area contributed by atoms with Gasteiger partial charge in [-0.2, -0.15) is 5.10 Å². The van der Waals surface area contributed by atoms with Crippen LogP contribution in [0.1, 0.15) is 10.7 Å². The van der Waals surface area contributed by atoms with E-state index in [-0.39, 0.29) is 0 Å². The van der Waals surface area contributed by atoms with Crippen molar-refractivity contribution in [3.63, 3.8) is 0 Å². The molecule has 0 unspecified atom stereocenters. The van der Waals surface area contributed by atoms with Crippen LogP contribution in [-0.4, -0.2) is 14.8 Å². The third-order valence-electron chi connectivity index (χ3n) is 1.90. The fraction of sp³-hybridized carbons (Fsp3) is 0.250. The van der Waals surface area contributed by atoms with Crippen molar-refractivity contribution in [1.82, 2.24) is 14.8 Å². The summed E-state index contributed by atoms with van der Waals surface area (Å²) >= 11 is 10.6.